The molecule has 2 rings (SSSR count). The van der Waals surface area contributed by atoms with E-state index in [1.54, 1.807) is 6.07 Å². The van der Waals surface area contributed by atoms with Crippen molar-refractivity contribution in [3.8, 4) is 0 Å². The number of aromatic carboxylic acids is 1. The van der Waals surface area contributed by atoms with Crippen molar-refractivity contribution < 1.29 is 14.3 Å². The number of furan rings is 1. The summed E-state index contributed by atoms with van der Waals surface area (Å²) in [6.07, 6.45) is 0. The largest absolute Gasteiger partial charge is 0.475 e. The number of rotatable bonds is 4. The number of halogens is 1. The minimum absolute atomic E-state index is 0.0467. The van der Waals surface area contributed by atoms with Crippen molar-refractivity contribution in [2.45, 2.75) is 19.9 Å². The fraction of sp³-hybridized carbons (Fsp3) is 0.214. The standard InChI is InChI=1S/C14H14BrNO3/c1-8-3-4-10(15)7-11(8)16-9(2)12-5-6-13(19-12)14(17)18/h3-7,9,16H,1-2H3,(H,17,18). The van der Waals surface area contributed by atoms with Gasteiger partial charge in [0.2, 0.25) is 5.76 Å². The van der Waals surface area contributed by atoms with Crippen LogP contribution in [0.3, 0.4) is 0 Å². The Balaban J connectivity index is 2.17. The Bertz CT molecular complexity index is 606. The molecule has 0 amide bonds. The molecule has 0 fully saturated rings. The number of anilines is 1. The molecule has 1 atom stereocenters. The summed E-state index contributed by atoms with van der Waals surface area (Å²) in [5, 5.41) is 12.1. The quantitative estimate of drug-likeness (QED) is 0.884. The van der Waals surface area contributed by atoms with Crippen LogP contribution in [0.5, 0.6) is 0 Å². The highest BCUT2D eigenvalue weighted by Gasteiger charge is 2.14. The second-order valence-electron chi connectivity index (χ2n) is 4.33. The van der Waals surface area contributed by atoms with E-state index in [1.165, 1.54) is 6.07 Å². The number of aryl methyl sites for hydroxylation is 1. The van der Waals surface area contributed by atoms with Gasteiger partial charge in [0.25, 0.3) is 0 Å². The van der Waals surface area contributed by atoms with E-state index in [-0.39, 0.29) is 11.8 Å². The highest BCUT2D eigenvalue weighted by molar-refractivity contribution is 9.10. The summed E-state index contributed by atoms with van der Waals surface area (Å²) in [7, 11) is 0. The molecule has 1 unspecified atom stereocenters. The third kappa shape index (κ3) is 3.17. The molecule has 0 aliphatic rings. The van der Waals surface area contributed by atoms with E-state index in [4.69, 9.17) is 9.52 Å². The van der Waals surface area contributed by atoms with E-state index < -0.39 is 5.97 Å². The molecule has 0 aliphatic carbocycles. The van der Waals surface area contributed by atoms with E-state index in [1.807, 2.05) is 32.0 Å². The second-order valence-corrected chi connectivity index (χ2v) is 5.25. The molecular weight excluding hydrogens is 310 g/mol. The molecule has 1 aromatic heterocycles. The summed E-state index contributed by atoms with van der Waals surface area (Å²) in [6.45, 7) is 3.93. The lowest BCUT2D eigenvalue weighted by atomic mass is 10.1. The Hall–Kier alpha value is -1.75. The number of hydrogen-bond acceptors (Lipinski definition) is 3. The summed E-state index contributed by atoms with van der Waals surface area (Å²) in [5.41, 5.74) is 2.09. The fourth-order valence-electron chi connectivity index (χ4n) is 1.75. The average Bonchev–Trinajstić information content (AvgIpc) is 2.83. The van der Waals surface area contributed by atoms with Crippen molar-refractivity contribution in [1.82, 2.24) is 0 Å². The van der Waals surface area contributed by atoms with Crippen LogP contribution in [0, 0.1) is 6.92 Å². The van der Waals surface area contributed by atoms with Gasteiger partial charge in [-0.2, -0.15) is 0 Å². The molecule has 100 valence electrons. The molecular formula is C14H14BrNO3. The number of carboxylic acids is 1. The van der Waals surface area contributed by atoms with Gasteiger partial charge in [-0.25, -0.2) is 4.79 Å². The van der Waals surface area contributed by atoms with Crippen LogP contribution in [0.4, 0.5) is 5.69 Å². The zero-order chi connectivity index (χ0) is 14.0. The van der Waals surface area contributed by atoms with Crippen molar-refractivity contribution in [1.29, 1.82) is 0 Å². The van der Waals surface area contributed by atoms with E-state index in [0.717, 1.165) is 15.7 Å². The summed E-state index contributed by atoms with van der Waals surface area (Å²) in [5.74, 6) is -0.511. The number of benzene rings is 1. The van der Waals surface area contributed by atoms with Gasteiger partial charge in [0.05, 0.1) is 6.04 Å². The van der Waals surface area contributed by atoms with Gasteiger partial charge in [-0.1, -0.05) is 22.0 Å². The molecule has 0 saturated heterocycles. The maximum absolute atomic E-state index is 10.8. The number of hydrogen-bond donors (Lipinski definition) is 2. The first-order valence-corrected chi connectivity index (χ1v) is 6.62. The third-order valence-electron chi connectivity index (χ3n) is 2.84. The third-order valence-corrected chi connectivity index (χ3v) is 3.33. The average molecular weight is 324 g/mol. The van der Waals surface area contributed by atoms with Crippen LogP contribution >= 0.6 is 15.9 Å². The summed E-state index contributed by atoms with van der Waals surface area (Å²) >= 11 is 3.42. The normalized spacial score (nSPS) is 12.2. The van der Waals surface area contributed by atoms with Crippen molar-refractivity contribution in [2.75, 3.05) is 5.32 Å². The lowest BCUT2D eigenvalue weighted by molar-refractivity contribution is 0.0660. The lowest BCUT2D eigenvalue weighted by Gasteiger charge is -2.15. The Morgan fingerprint density at radius 3 is 2.74 bits per heavy atom. The fourth-order valence-corrected chi connectivity index (χ4v) is 2.12. The smallest absolute Gasteiger partial charge is 0.371 e. The van der Waals surface area contributed by atoms with Gasteiger partial charge in [0.1, 0.15) is 5.76 Å². The van der Waals surface area contributed by atoms with Crippen LogP contribution in [0.1, 0.15) is 34.8 Å². The first-order chi connectivity index (χ1) is 8.97. The van der Waals surface area contributed by atoms with E-state index in [2.05, 4.69) is 21.2 Å². The monoisotopic (exact) mass is 323 g/mol. The first kappa shape index (κ1) is 13.7. The Labute approximate surface area is 119 Å². The summed E-state index contributed by atoms with van der Waals surface area (Å²) < 4.78 is 6.26. The molecule has 0 radical (unpaired) electrons. The number of carboxylic acid groups (broad SMARTS) is 1. The summed E-state index contributed by atoms with van der Waals surface area (Å²) in [4.78, 5) is 10.8. The molecule has 1 heterocycles. The highest BCUT2D eigenvalue weighted by Crippen LogP contribution is 2.26. The predicted octanol–water partition coefficient (Wildman–Crippen LogP) is 4.22. The van der Waals surface area contributed by atoms with Gasteiger partial charge in [0, 0.05) is 10.2 Å². The topological polar surface area (TPSA) is 62.5 Å². The molecule has 0 saturated carbocycles. The Morgan fingerprint density at radius 1 is 1.37 bits per heavy atom. The number of nitrogens with one attached hydrogen (secondary N) is 1. The maximum atomic E-state index is 10.8. The zero-order valence-electron chi connectivity index (χ0n) is 10.6. The number of carbonyl (C=O) groups is 1. The molecule has 1 aromatic carbocycles. The summed E-state index contributed by atoms with van der Waals surface area (Å²) in [6, 6.07) is 8.98. The molecule has 5 heteroatoms. The van der Waals surface area contributed by atoms with Crippen LogP contribution < -0.4 is 5.32 Å². The van der Waals surface area contributed by atoms with E-state index in [9.17, 15) is 4.79 Å². The maximum Gasteiger partial charge on any atom is 0.371 e. The van der Waals surface area contributed by atoms with E-state index in [0.29, 0.717) is 5.76 Å². The minimum Gasteiger partial charge on any atom is -0.475 e. The molecule has 4 nitrogen and oxygen atoms in total. The Kier molecular flexibility index (Phi) is 3.95. The van der Waals surface area contributed by atoms with E-state index >= 15 is 0 Å². The van der Waals surface area contributed by atoms with Gasteiger partial charge >= 0.3 is 5.97 Å². The van der Waals surface area contributed by atoms with Crippen molar-refractivity contribution in [3.63, 3.8) is 0 Å². The van der Waals surface area contributed by atoms with Crippen molar-refractivity contribution in [2.24, 2.45) is 0 Å². The molecule has 0 bridgehead atoms. The minimum atomic E-state index is -1.06. The SMILES string of the molecule is Cc1ccc(Br)cc1NC(C)c1ccc(C(=O)O)o1. The van der Waals surface area contributed by atoms with Gasteiger partial charge in [-0.15, -0.1) is 0 Å². The van der Waals surface area contributed by atoms with Crippen LogP contribution in [0.2, 0.25) is 0 Å². The van der Waals surface area contributed by atoms with Crippen LogP contribution in [0.25, 0.3) is 0 Å². The highest BCUT2D eigenvalue weighted by atomic mass is 79.9. The van der Waals surface area contributed by atoms with Crippen molar-refractivity contribution >= 4 is 27.6 Å². The van der Waals surface area contributed by atoms with Gasteiger partial charge in [0.15, 0.2) is 0 Å². The zero-order valence-corrected chi connectivity index (χ0v) is 12.2. The van der Waals surface area contributed by atoms with Crippen LogP contribution in [0.15, 0.2) is 39.2 Å². The molecule has 0 aliphatic heterocycles. The van der Waals surface area contributed by atoms with Crippen LogP contribution in [-0.2, 0) is 0 Å². The second kappa shape index (κ2) is 5.48. The van der Waals surface area contributed by atoms with Gasteiger partial charge in [-0.3, -0.25) is 0 Å². The van der Waals surface area contributed by atoms with Crippen LogP contribution in [-0.4, -0.2) is 11.1 Å². The molecule has 2 N–H and O–H groups in total. The molecule has 0 spiro atoms. The molecule has 2 aromatic rings. The van der Waals surface area contributed by atoms with Crippen molar-refractivity contribution in [3.05, 3.63) is 51.9 Å². The molecule has 19 heavy (non-hydrogen) atoms. The lowest BCUT2D eigenvalue weighted by Crippen LogP contribution is -2.07. The van der Waals surface area contributed by atoms with Gasteiger partial charge in [-0.05, 0) is 43.7 Å². The van der Waals surface area contributed by atoms with Gasteiger partial charge < -0.3 is 14.8 Å². The Morgan fingerprint density at radius 2 is 2.11 bits per heavy atom. The predicted molar refractivity (Wildman–Crippen MR) is 76.6 cm³/mol. The first-order valence-electron chi connectivity index (χ1n) is 5.83.